The van der Waals surface area contributed by atoms with Crippen LogP contribution < -0.4 is 5.32 Å². The highest BCUT2D eigenvalue weighted by molar-refractivity contribution is 7.90. The molecule has 29 heavy (non-hydrogen) atoms. The average molecular weight is 429 g/mol. The molecule has 1 N–H and O–H groups in total. The second kappa shape index (κ2) is 8.07. The van der Waals surface area contributed by atoms with E-state index in [1.54, 1.807) is 19.1 Å². The molecule has 1 saturated carbocycles. The molecule has 3 atom stereocenters. The Morgan fingerprint density at radius 2 is 1.72 bits per heavy atom. The summed E-state index contributed by atoms with van der Waals surface area (Å²) in [7, 11) is -3.24. The van der Waals surface area contributed by atoms with Gasteiger partial charge in [-0.1, -0.05) is 18.2 Å². The van der Waals surface area contributed by atoms with Gasteiger partial charge in [-0.25, -0.2) is 12.8 Å². The lowest BCUT2D eigenvalue weighted by molar-refractivity contribution is -0.140. The van der Waals surface area contributed by atoms with Crippen LogP contribution in [0.25, 0.3) is 0 Å². The predicted molar refractivity (Wildman–Crippen MR) is 103 cm³/mol. The summed E-state index contributed by atoms with van der Waals surface area (Å²) in [5.41, 5.74) is 0.189. The summed E-state index contributed by atoms with van der Waals surface area (Å²) in [4.78, 5) is 0.277. The zero-order valence-corrected chi connectivity index (χ0v) is 16.9. The van der Waals surface area contributed by atoms with Crippen LogP contribution >= 0.6 is 0 Å². The number of nitrogens with one attached hydrogen (secondary N) is 1. The maximum Gasteiger partial charge on any atom is 0.419 e. The lowest BCUT2D eigenvalue weighted by Crippen LogP contribution is -2.29. The molecule has 0 bridgehead atoms. The lowest BCUT2D eigenvalue weighted by Gasteiger charge is -2.21. The molecule has 2 aromatic rings. The predicted octanol–water partition coefficient (Wildman–Crippen LogP) is 5.23. The second-order valence-electron chi connectivity index (χ2n) is 7.67. The van der Waals surface area contributed by atoms with Crippen molar-refractivity contribution in [3.05, 3.63) is 65.0 Å². The molecule has 1 fully saturated rings. The highest BCUT2D eigenvalue weighted by Crippen LogP contribution is 2.37. The van der Waals surface area contributed by atoms with E-state index in [-0.39, 0.29) is 22.9 Å². The molecule has 1 unspecified atom stereocenters. The van der Waals surface area contributed by atoms with Crippen molar-refractivity contribution in [3.63, 3.8) is 0 Å². The van der Waals surface area contributed by atoms with Crippen LogP contribution in [0.1, 0.15) is 54.8 Å². The van der Waals surface area contributed by atoms with Gasteiger partial charge in [-0.05, 0) is 67.5 Å². The van der Waals surface area contributed by atoms with Crippen molar-refractivity contribution < 1.29 is 26.0 Å². The van der Waals surface area contributed by atoms with Crippen LogP contribution in [0.5, 0.6) is 0 Å². The van der Waals surface area contributed by atoms with Crippen molar-refractivity contribution in [2.75, 3.05) is 6.26 Å². The number of alkyl halides is 3. The normalized spacial score (nSPS) is 21.3. The zero-order chi connectivity index (χ0) is 21.4. The Bertz CT molecular complexity index is 971. The Morgan fingerprint density at radius 3 is 2.31 bits per heavy atom. The van der Waals surface area contributed by atoms with Gasteiger partial charge in [0.15, 0.2) is 9.84 Å². The minimum absolute atomic E-state index is 0.115. The molecular formula is C21H23F4NO2S. The van der Waals surface area contributed by atoms with Gasteiger partial charge in [0.1, 0.15) is 5.82 Å². The summed E-state index contributed by atoms with van der Waals surface area (Å²) in [5, 5.41) is 3.34. The van der Waals surface area contributed by atoms with Gasteiger partial charge in [-0.3, -0.25) is 0 Å². The number of hydrogen-bond acceptors (Lipinski definition) is 3. The van der Waals surface area contributed by atoms with Gasteiger partial charge in [0, 0.05) is 18.3 Å². The first-order valence-electron chi connectivity index (χ1n) is 9.38. The van der Waals surface area contributed by atoms with E-state index in [9.17, 15) is 26.0 Å². The highest BCUT2D eigenvalue weighted by atomic mass is 32.2. The monoisotopic (exact) mass is 429 g/mol. The van der Waals surface area contributed by atoms with Crippen LogP contribution in [-0.4, -0.2) is 20.7 Å². The van der Waals surface area contributed by atoms with Gasteiger partial charge in [0.2, 0.25) is 0 Å². The van der Waals surface area contributed by atoms with E-state index in [0.29, 0.717) is 5.56 Å². The molecule has 1 aliphatic carbocycles. The Labute approximate surface area is 168 Å². The highest BCUT2D eigenvalue weighted by Gasteiger charge is 2.35. The Kier molecular flexibility index (Phi) is 6.06. The van der Waals surface area contributed by atoms with Gasteiger partial charge in [-0.2, -0.15) is 13.2 Å². The van der Waals surface area contributed by atoms with Crippen LogP contribution in [-0.2, 0) is 16.0 Å². The lowest BCUT2D eigenvalue weighted by atomic mass is 9.97. The molecule has 2 aromatic carbocycles. The molecule has 0 aliphatic heterocycles. The van der Waals surface area contributed by atoms with E-state index in [4.69, 9.17) is 0 Å². The molecular weight excluding hydrogens is 406 g/mol. The molecule has 3 nitrogen and oxygen atoms in total. The van der Waals surface area contributed by atoms with E-state index in [1.807, 2.05) is 12.1 Å². The first-order valence-corrected chi connectivity index (χ1v) is 11.3. The Balaban J connectivity index is 1.65. The SMILES string of the molecule is C[C@@H](NC1CC[C@H](c2ccc(S(C)(=O)=O)cc2)C1)c1ccc(F)c(C(F)(F)F)c1. The molecule has 1 aliphatic rings. The first-order chi connectivity index (χ1) is 13.4. The molecule has 158 valence electrons. The van der Waals surface area contributed by atoms with Crippen LogP contribution in [0.3, 0.4) is 0 Å². The van der Waals surface area contributed by atoms with Gasteiger partial charge >= 0.3 is 6.18 Å². The maximum atomic E-state index is 13.5. The summed E-state index contributed by atoms with van der Waals surface area (Å²) < 4.78 is 75.5. The van der Waals surface area contributed by atoms with Crippen molar-refractivity contribution in [1.29, 1.82) is 0 Å². The molecule has 0 amide bonds. The molecule has 0 saturated heterocycles. The molecule has 3 rings (SSSR count). The van der Waals surface area contributed by atoms with Gasteiger partial charge in [0.05, 0.1) is 10.5 Å². The minimum Gasteiger partial charge on any atom is -0.307 e. The third kappa shape index (κ3) is 5.17. The Hall–Kier alpha value is -1.93. The second-order valence-corrected chi connectivity index (χ2v) is 9.69. The first kappa shape index (κ1) is 21.8. The number of halogens is 4. The fourth-order valence-electron chi connectivity index (χ4n) is 3.90. The van der Waals surface area contributed by atoms with E-state index in [0.717, 1.165) is 37.0 Å². The number of sulfone groups is 1. The standard InChI is InChI=1S/C21H23F4NO2S/c1-13(15-6-10-20(22)19(12-15)21(23,24)25)26-17-7-3-16(11-17)14-4-8-18(9-5-14)29(2,27)28/h4-6,8-10,12-13,16-17,26H,3,7,11H2,1-2H3/t13-,16+,17?/m1/s1. The smallest absolute Gasteiger partial charge is 0.307 e. The fraction of sp³-hybridized carbons (Fsp3) is 0.429. The van der Waals surface area contributed by atoms with Crippen molar-refractivity contribution >= 4 is 9.84 Å². The van der Waals surface area contributed by atoms with Crippen molar-refractivity contribution in [1.82, 2.24) is 5.32 Å². The molecule has 0 heterocycles. The van der Waals surface area contributed by atoms with Crippen LogP contribution in [0.2, 0.25) is 0 Å². The molecule has 0 aromatic heterocycles. The van der Waals surface area contributed by atoms with Crippen molar-refractivity contribution in [2.45, 2.75) is 55.3 Å². The summed E-state index contributed by atoms with van der Waals surface area (Å²) in [6.45, 7) is 1.77. The summed E-state index contributed by atoms with van der Waals surface area (Å²) in [6, 6.07) is 9.71. The van der Waals surface area contributed by atoms with Crippen molar-refractivity contribution in [3.8, 4) is 0 Å². The summed E-state index contributed by atoms with van der Waals surface area (Å²) in [6.07, 6.45) is -0.999. The maximum absolute atomic E-state index is 13.5. The summed E-state index contributed by atoms with van der Waals surface area (Å²) in [5.74, 6) is -1.01. The van der Waals surface area contributed by atoms with Gasteiger partial charge in [-0.15, -0.1) is 0 Å². The molecule has 0 radical (unpaired) electrons. The largest absolute Gasteiger partial charge is 0.419 e. The van der Waals surface area contributed by atoms with Crippen LogP contribution in [0, 0.1) is 5.82 Å². The quantitative estimate of drug-likeness (QED) is 0.662. The summed E-state index contributed by atoms with van der Waals surface area (Å²) >= 11 is 0. The third-order valence-electron chi connectivity index (χ3n) is 5.49. The van der Waals surface area contributed by atoms with Crippen LogP contribution in [0.15, 0.2) is 47.4 Å². The number of hydrogen-bond donors (Lipinski definition) is 1. The fourth-order valence-corrected chi connectivity index (χ4v) is 4.53. The number of benzene rings is 2. The minimum atomic E-state index is -4.73. The van der Waals surface area contributed by atoms with E-state index in [1.165, 1.54) is 12.3 Å². The van der Waals surface area contributed by atoms with E-state index < -0.39 is 27.4 Å². The van der Waals surface area contributed by atoms with Crippen LogP contribution in [0.4, 0.5) is 17.6 Å². The van der Waals surface area contributed by atoms with E-state index >= 15 is 0 Å². The topological polar surface area (TPSA) is 46.2 Å². The van der Waals surface area contributed by atoms with E-state index in [2.05, 4.69) is 5.32 Å². The van der Waals surface area contributed by atoms with Crippen molar-refractivity contribution in [2.24, 2.45) is 0 Å². The van der Waals surface area contributed by atoms with Gasteiger partial charge < -0.3 is 5.32 Å². The molecule has 8 heteroatoms. The molecule has 0 spiro atoms. The zero-order valence-electron chi connectivity index (χ0n) is 16.1. The Morgan fingerprint density at radius 1 is 1.07 bits per heavy atom. The number of rotatable bonds is 5. The third-order valence-corrected chi connectivity index (χ3v) is 6.62. The average Bonchev–Trinajstić information content (AvgIpc) is 3.09. The van der Waals surface area contributed by atoms with Gasteiger partial charge in [0.25, 0.3) is 0 Å².